The van der Waals surface area contributed by atoms with E-state index in [1.165, 1.54) is 38.6 Å². The zero-order chi connectivity index (χ0) is 12.9. The number of hydrogen-bond acceptors (Lipinski definition) is 2. The maximum absolute atomic E-state index is 3.61. The molecule has 0 aliphatic carbocycles. The lowest BCUT2D eigenvalue weighted by molar-refractivity contribution is 0.00569. The fourth-order valence-electron chi connectivity index (χ4n) is 3.71. The average Bonchev–Trinajstić information content (AvgIpc) is 2.34. The Labute approximate surface area is 108 Å². The Morgan fingerprint density at radius 2 is 1.71 bits per heavy atom. The zero-order valence-corrected chi connectivity index (χ0v) is 12.6. The minimum Gasteiger partial charge on any atom is -0.314 e. The molecule has 2 unspecified atom stereocenters. The highest BCUT2D eigenvalue weighted by Crippen LogP contribution is 2.33. The van der Waals surface area contributed by atoms with Gasteiger partial charge in [0, 0.05) is 24.2 Å². The van der Waals surface area contributed by atoms with Crippen LogP contribution in [0.25, 0.3) is 0 Å². The largest absolute Gasteiger partial charge is 0.314 e. The van der Waals surface area contributed by atoms with Crippen molar-refractivity contribution in [3.8, 4) is 0 Å². The highest BCUT2D eigenvalue weighted by atomic mass is 15.2. The molecule has 1 fully saturated rings. The summed E-state index contributed by atoms with van der Waals surface area (Å²) in [6.07, 6.45) is 6.50. The minimum absolute atomic E-state index is 0.455. The van der Waals surface area contributed by atoms with Crippen molar-refractivity contribution in [1.29, 1.82) is 0 Å². The van der Waals surface area contributed by atoms with Gasteiger partial charge in [-0.3, -0.25) is 4.90 Å². The van der Waals surface area contributed by atoms with Crippen LogP contribution in [-0.2, 0) is 0 Å². The average molecular weight is 240 g/mol. The molecule has 102 valence electrons. The fraction of sp³-hybridized carbons (Fsp3) is 1.00. The Kier molecular flexibility index (Phi) is 5.94. The zero-order valence-electron chi connectivity index (χ0n) is 12.6. The minimum atomic E-state index is 0.455. The van der Waals surface area contributed by atoms with E-state index in [4.69, 9.17) is 0 Å². The molecule has 0 aromatic heterocycles. The highest BCUT2D eigenvalue weighted by molar-refractivity contribution is 4.94. The van der Waals surface area contributed by atoms with Gasteiger partial charge in [-0.1, -0.05) is 27.7 Å². The molecule has 0 spiro atoms. The predicted octanol–water partition coefficient (Wildman–Crippen LogP) is 3.42. The molecule has 0 aromatic carbocycles. The van der Waals surface area contributed by atoms with Crippen molar-refractivity contribution in [2.45, 2.75) is 84.3 Å². The van der Waals surface area contributed by atoms with E-state index < -0.39 is 0 Å². The van der Waals surface area contributed by atoms with Gasteiger partial charge in [0.1, 0.15) is 0 Å². The summed E-state index contributed by atoms with van der Waals surface area (Å²) in [5.41, 5.74) is 0.455. The lowest BCUT2D eigenvalue weighted by Crippen LogP contribution is -2.57. The lowest BCUT2D eigenvalue weighted by atomic mass is 9.83. The van der Waals surface area contributed by atoms with Crippen LogP contribution in [0, 0.1) is 0 Å². The third-order valence-electron chi connectivity index (χ3n) is 4.95. The summed E-state index contributed by atoms with van der Waals surface area (Å²) in [5.74, 6) is 0. The van der Waals surface area contributed by atoms with E-state index >= 15 is 0 Å². The summed E-state index contributed by atoms with van der Waals surface area (Å²) >= 11 is 0. The second-order valence-electron chi connectivity index (χ2n) is 5.61. The number of hydrogen-bond donors (Lipinski definition) is 1. The van der Waals surface area contributed by atoms with Crippen molar-refractivity contribution in [3.05, 3.63) is 0 Å². The van der Waals surface area contributed by atoms with E-state index in [1.54, 1.807) is 0 Å². The van der Waals surface area contributed by atoms with Crippen LogP contribution >= 0.6 is 0 Å². The Morgan fingerprint density at radius 1 is 1.12 bits per heavy atom. The lowest BCUT2D eigenvalue weighted by Gasteiger charge is -2.50. The molecule has 1 N–H and O–H groups in total. The molecule has 0 bridgehead atoms. The van der Waals surface area contributed by atoms with Crippen molar-refractivity contribution in [2.75, 3.05) is 13.1 Å². The standard InChI is InChI=1S/C15H32N2/c1-6-15(7-2,8-3)17-11-10-14(16-9-4)12-13(17)5/h13-14,16H,6-12H2,1-5H3. The van der Waals surface area contributed by atoms with Gasteiger partial charge in [-0.05, 0) is 45.6 Å². The smallest absolute Gasteiger partial charge is 0.0204 e. The van der Waals surface area contributed by atoms with Crippen molar-refractivity contribution in [2.24, 2.45) is 0 Å². The Balaban J connectivity index is 2.67. The van der Waals surface area contributed by atoms with Gasteiger partial charge in [-0.25, -0.2) is 0 Å². The second-order valence-corrected chi connectivity index (χ2v) is 5.61. The molecule has 2 heteroatoms. The molecule has 1 saturated heterocycles. The van der Waals surface area contributed by atoms with Crippen LogP contribution < -0.4 is 5.32 Å². The molecule has 2 nitrogen and oxygen atoms in total. The molecule has 2 atom stereocenters. The van der Waals surface area contributed by atoms with Crippen LogP contribution in [0.5, 0.6) is 0 Å². The molecule has 1 rings (SSSR count). The van der Waals surface area contributed by atoms with Gasteiger partial charge in [0.05, 0.1) is 0 Å². The Hall–Kier alpha value is -0.0800. The third-order valence-corrected chi connectivity index (χ3v) is 4.95. The Bertz CT molecular complexity index is 203. The SMILES string of the molecule is CCNC1CCN(C(CC)(CC)CC)C(C)C1. The first-order chi connectivity index (χ1) is 8.13. The third kappa shape index (κ3) is 3.23. The van der Waals surface area contributed by atoms with E-state index in [0.29, 0.717) is 5.54 Å². The van der Waals surface area contributed by atoms with Gasteiger partial charge in [-0.2, -0.15) is 0 Å². The van der Waals surface area contributed by atoms with Crippen LogP contribution in [0.1, 0.15) is 66.7 Å². The predicted molar refractivity (Wildman–Crippen MR) is 76.5 cm³/mol. The summed E-state index contributed by atoms with van der Waals surface area (Å²) in [6, 6.07) is 1.47. The molecule has 1 aliphatic heterocycles. The van der Waals surface area contributed by atoms with E-state index in [0.717, 1.165) is 18.6 Å². The topological polar surface area (TPSA) is 15.3 Å². The molecule has 0 amide bonds. The highest BCUT2D eigenvalue weighted by Gasteiger charge is 2.37. The summed E-state index contributed by atoms with van der Waals surface area (Å²) in [6.45, 7) is 14.1. The first-order valence-electron chi connectivity index (χ1n) is 7.63. The van der Waals surface area contributed by atoms with E-state index in [2.05, 4.69) is 44.8 Å². The maximum Gasteiger partial charge on any atom is 0.0204 e. The molecular weight excluding hydrogens is 208 g/mol. The molecule has 0 saturated carbocycles. The van der Waals surface area contributed by atoms with Crippen molar-refractivity contribution >= 4 is 0 Å². The molecule has 17 heavy (non-hydrogen) atoms. The normalized spacial score (nSPS) is 27.4. The molecular formula is C15H32N2. The molecule has 1 heterocycles. The van der Waals surface area contributed by atoms with Gasteiger partial charge >= 0.3 is 0 Å². The van der Waals surface area contributed by atoms with Crippen LogP contribution in [0.2, 0.25) is 0 Å². The van der Waals surface area contributed by atoms with Gasteiger partial charge in [0.15, 0.2) is 0 Å². The van der Waals surface area contributed by atoms with Crippen molar-refractivity contribution in [3.63, 3.8) is 0 Å². The number of piperidine rings is 1. The van der Waals surface area contributed by atoms with Gasteiger partial charge < -0.3 is 5.32 Å². The number of rotatable bonds is 6. The van der Waals surface area contributed by atoms with Gasteiger partial charge in [-0.15, -0.1) is 0 Å². The van der Waals surface area contributed by atoms with E-state index in [1.807, 2.05) is 0 Å². The van der Waals surface area contributed by atoms with Crippen molar-refractivity contribution < 1.29 is 0 Å². The van der Waals surface area contributed by atoms with Crippen LogP contribution in [0.4, 0.5) is 0 Å². The molecule has 0 aromatic rings. The van der Waals surface area contributed by atoms with Gasteiger partial charge in [0.25, 0.3) is 0 Å². The van der Waals surface area contributed by atoms with Crippen LogP contribution in [-0.4, -0.2) is 35.6 Å². The first-order valence-corrected chi connectivity index (χ1v) is 7.63. The fourth-order valence-corrected chi connectivity index (χ4v) is 3.71. The quantitative estimate of drug-likeness (QED) is 0.765. The number of likely N-dealkylation sites (tertiary alicyclic amines) is 1. The number of nitrogens with zero attached hydrogens (tertiary/aromatic N) is 1. The Morgan fingerprint density at radius 3 is 2.12 bits per heavy atom. The van der Waals surface area contributed by atoms with Gasteiger partial charge in [0.2, 0.25) is 0 Å². The molecule has 0 radical (unpaired) electrons. The van der Waals surface area contributed by atoms with Crippen molar-refractivity contribution in [1.82, 2.24) is 10.2 Å². The number of nitrogens with one attached hydrogen (secondary N) is 1. The summed E-state index contributed by atoms with van der Waals surface area (Å²) in [7, 11) is 0. The van der Waals surface area contributed by atoms with E-state index in [-0.39, 0.29) is 0 Å². The summed E-state index contributed by atoms with van der Waals surface area (Å²) in [4.78, 5) is 2.79. The van der Waals surface area contributed by atoms with E-state index in [9.17, 15) is 0 Å². The second kappa shape index (κ2) is 6.75. The van der Waals surface area contributed by atoms with Crippen LogP contribution in [0.15, 0.2) is 0 Å². The van der Waals surface area contributed by atoms with Crippen LogP contribution in [0.3, 0.4) is 0 Å². The molecule has 1 aliphatic rings. The summed E-state index contributed by atoms with van der Waals surface area (Å²) < 4.78 is 0. The maximum atomic E-state index is 3.61. The first kappa shape index (κ1) is 15.0. The monoisotopic (exact) mass is 240 g/mol. The summed E-state index contributed by atoms with van der Waals surface area (Å²) in [5, 5.41) is 3.61.